The van der Waals surface area contributed by atoms with Gasteiger partial charge >= 0.3 is 5.97 Å². The van der Waals surface area contributed by atoms with Gasteiger partial charge in [-0.3, -0.25) is 0 Å². The Bertz CT molecular complexity index is 590. The first-order valence-corrected chi connectivity index (χ1v) is 11.4. The maximum Gasteiger partial charge on any atom is 0.336 e. The van der Waals surface area contributed by atoms with Gasteiger partial charge in [-0.15, -0.1) is 0 Å². The fraction of sp³-hybridized carbons (Fsp3) is 0.880. The number of hydrogen-bond donors (Lipinski definition) is 0. The molecule has 1 unspecified atom stereocenters. The summed E-state index contributed by atoms with van der Waals surface area (Å²) in [4.78, 5) is 15.9. The molecule has 1 aliphatic carbocycles. The number of carbonyl (C=O) groups is 1. The lowest BCUT2D eigenvalue weighted by molar-refractivity contribution is -0.203. The molecule has 0 radical (unpaired) electrons. The molecule has 0 aromatic carbocycles. The van der Waals surface area contributed by atoms with Crippen LogP contribution in [-0.4, -0.2) is 48.3 Å². The predicted molar refractivity (Wildman–Crippen MR) is 120 cm³/mol. The van der Waals surface area contributed by atoms with Crippen LogP contribution in [0.15, 0.2) is 12.2 Å². The van der Waals surface area contributed by atoms with Crippen molar-refractivity contribution in [2.75, 3.05) is 19.6 Å². The van der Waals surface area contributed by atoms with E-state index in [9.17, 15) is 4.79 Å². The summed E-state index contributed by atoms with van der Waals surface area (Å²) in [6.07, 6.45) is 7.96. The van der Waals surface area contributed by atoms with Gasteiger partial charge in [0.1, 0.15) is 0 Å². The molecule has 1 fully saturated rings. The van der Waals surface area contributed by atoms with Crippen molar-refractivity contribution in [3.05, 3.63) is 12.2 Å². The molecule has 2 atom stereocenters. The smallest absolute Gasteiger partial charge is 0.336 e. The topological polar surface area (TPSA) is 38.8 Å². The first kappa shape index (κ1) is 24.4. The zero-order valence-electron chi connectivity index (χ0n) is 20.4. The van der Waals surface area contributed by atoms with Crippen LogP contribution in [0.1, 0.15) is 88.0 Å². The summed E-state index contributed by atoms with van der Waals surface area (Å²) < 4.78 is 12.3. The molecule has 0 saturated carbocycles. The fourth-order valence-corrected chi connectivity index (χ4v) is 4.72. The van der Waals surface area contributed by atoms with Crippen molar-refractivity contribution in [3.63, 3.8) is 0 Å². The molecule has 168 valence electrons. The Morgan fingerprint density at radius 3 is 2.07 bits per heavy atom. The molecule has 1 aliphatic heterocycles. The van der Waals surface area contributed by atoms with Crippen molar-refractivity contribution in [1.29, 1.82) is 0 Å². The van der Waals surface area contributed by atoms with Crippen LogP contribution in [0.4, 0.5) is 0 Å². The van der Waals surface area contributed by atoms with E-state index >= 15 is 0 Å². The van der Waals surface area contributed by atoms with Gasteiger partial charge < -0.3 is 14.4 Å². The standard InChI is InChI=1S/C25H45NO3/c1-19(2)28-21(27)20(29-22(3,4)5)25(13-11-10-12-24(25,8)9)18-26-16-14-23(6,7)15-17-26/h10-11,19-20H,12-18H2,1-9H3/t20-,25?/m1/s1. The lowest BCUT2D eigenvalue weighted by Crippen LogP contribution is -2.60. The number of hydrogen-bond acceptors (Lipinski definition) is 4. The molecule has 0 amide bonds. The summed E-state index contributed by atoms with van der Waals surface area (Å²) >= 11 is 0. The second-order valence-corrected chi connectivity index (χ2v) is 12.0. The minimum atomic E-state index is -0.584. The number of allylic oxidation sites excluding steroid dienone is 2. The molecule has 1 saturated heterocycles. The summed E-state index contributed by atoms with van der Waals surface area (Å²) in [6.45, 7) is 22.3. The SMILES string of the molecule is CC(C)OC(=O)[C@@H](OC(C)(C)C)C1(CN2CCC(C)(C)CC2)CC=CCC1(C)C. The highest BCUT2D eigenvalue weighted by molar-refractivity contribution is 5.76. The normalized spacial score (nSPS) is 28.3. The molecule has 0 spiro atoms. The summed E-state index contributed by atoms with van der Waals surface area (Å²) in [5.74, 6) is -0.212. The monoisotopic (exact) mass is 407 g/mol. The van der Waals surface area contributed by atoms with Crippen molar-refractivity contribution in [3.8, 4) is 0 Å². The number of ether oxygens (including phenoxy) is 2. The Labute approximate surface area is 179 Å². The molecule has 2 rings (SSSR count). The molecule has 4 nitrogen and oxygen atoms in total. The van der Waals surface area contributed by atoms with Crippen molar-refractivity contribution in [1.82, 2.24) is 4.90 Å². The van der Waals surface area contributed by atoms with E-state index in [1.54, 1.807) is 0 Å². The first-order chi connectivity index (χ1) is 13.2. The second kappa shape index (κ2) is 8.70. The maximum absolute atomic E-state index is 13.4. The number of piperidine rings is 1. The minimum absolute atomic E-state index is 0.0688. The van der Waals surface area contributed by atoms with Gasteiger partial charge in [-0.2, -0.15) is 0 Å². The number of carbonyl (C=O) groups excluding carboxylic acids is 1. The fourth-order valence-electron chi connectivity index (χ4n) is 4.72. The quantitative estimate of drug-likeness (QED) is 0.424. The molecule has 0 aromatic rings. The third kappa shape index (κ3) is 6.07. The molecule has 2 aliphatic rings. The predicted octanol–water partition coefficient (Wildman–Crippen LogP) is 5.61. The van der Waals surface area contributed by atoms with Gasteiger partial charge in [0.2, 0.25) is 0 Å². The van der Waals surface area contributed by atoms with E-state index in [1.807, 2.05) is 34.6 Å². The molecule has 1 heterocycles. The van der Waals surface area contributed by atoms with Gasteiger partial charge in [0.25, 0.3) is 0 Å². The van der Waals surface area contributed by atoms with E-state index < -0.39 is 11.7 Å². The van der Waals surface area contributed by atoms with Gasteiger partial charge in [-0.05, 0) is 84.2 Å². The van der Waals surface area contributed by atoms with Crippen LogP contribution in [0.2, 0.25) is 0 Å². The Morgan fingerprint density at radius 1 is 1.03 bits per heavy atom. The number of rotatable bonds is 6. The van der Waals surface area contributed by atoms with Gasteiger partial charge in [0, 0.05) is 12.0 Å². The number of nitrogens with zero attached hydrogens (tertiary/aromatic N) is 1. The molecular weight excluding hydrogens is 362 g/mol. The van der Waals surface area contributed by atoms with E-state index in [0.717, 1.165) is 32.5 Å². The molecule has 0 N–H and O–H groups in total. The zero-order chi connectivity index (χ0) is 22.1. The van der Waals surface area contributed by atoms with E-state index in [4.69, 9.17) is 9.47 Å². The Balaban J connectivity index is 2.43. The van der Waals surface area contributed by atoms with Gasteiger partial charge in [0.05, 0.1) is 11.7 Å². The summed E-state index contributed by atoms with van der Waals surface area (Å²) in [6, 6.07) is 0. The van der Waals surface area contributed by atoms with Crippen LogP contribution in [0, 0.1) is 16.2 Å². The third-order valence-electron chi connectivity index (χ3n) is 6.88. The minimum Gasteiger partial charge on any atom is -0.461 e. The van der Waals surface area contributed by atoms with Crippen molar-refractivity contribution in [2.24, 2.45) is 16.2 Å². The third-order valence-corrected chi connectivity index (χ3v) is 6.88. The molecule has 0 aromatic heterocycles. The summed E-state index contributed by atoms with van der Waals surface area (Å²) in [5.41, 5.74) is -0.401. The van der Waals surface area contributed by atoms with Gasteiger partial charge in [0.15, 0.2) is 6.10 Å². The van der Waals surface area contributed by atoms with E-state index in [1.165, 1.54) is 12.8 Å². The van der Waals surface area contributed by atoms with Crippen molar-refractivity contribution in [2.45, 2.75) is 106 Å². The van der Waals surface area contributed by atoms with E-state index in [-0.39, 0.29) is 22.9 Å². The zero-order valence-corrected chi connectivity index (χ0v) is 20.4. The maximum atomic E-state index is 13.4. The molecule has 0 bridgehead atoms. The Hall–Kier alpha value is -0.870. The van der Waals surface area contributed by atoms with Crippen molar-refractivity contribution < 1.29 is 14.3 Å². The van der Waals surface area contributed by atoms with E-state index in [2.05, 4.69) is 44.7 Å². The number of esters is 1. The van der Waals surface area contributed by atoms with Crippen LogP contribution >= 0.6 is 0 Å². The average Bonchev–Trinajstić information content (AvgIpc) is 2.55. The van der Waals surface area contributed by atoms with Crippen molar-refractivity contribution >= 4 is 5.97 Å². The highest BCUT2D eigenvalue weighted by Crippen LogP contribution is 2.53. The van der Waals surface area contributed by atoms with Gasteiger partial charge in [-0.25, -0.2) is 4.79 Å². The molecular formula is C25H45NO3. The van der Waals surface area contributed by atoms with Crippen LogP contribution in [0.3, 0.4) is 0 Å². The summed E-state index contributed by atoms with van der Waals surface area (Å²) in [7, 11) is 0. The largest absolute Gasteiger partial charge is 0.461 e. The van der Waals surface area contributed by atoms with Crippen LogP contribution in [-0.2, 0) is 14.3 Å². The van der Waals surface area contributed by atoms with Crippen LogP contribution in [0.25, 0.3) is 0 Å². The highest BCUT2D eigenvalue weighted by Gasteiger charge is 2.56. The average molecular weight is 408 g/mol. The Morgan fingerprint density at radius 2 is 1.59 bits per heavy atom. The van der Waals surface area contributed by atoms with E-state index in [0.29, 0.717) is 5.41 Å². The first-order valence-electron chi connectivity index (χ1n) is 11.4. The van der Waals surface area contributed by atoms with Crippen LogP contribution < -0.4 is 0 Å². The Kier molecular flexibility index (Phi) is 7.32. The molecule has 29 heavy (non-hydrogen) atoms. The number of likely N-dealkylation sites (tertiary alicyclic amines) is 1. The second-order valence-electron chi connectivity index (χ2n) is 12.0. The summed E-state index contributed by atoms with van der Waals surface area (Å²) in [5, 5.41) is 0. The van der Waals surface area contributed by atoms with Crippen LogP contribution in [0.5, 0.6) is 0 Å². The van der Waals surface area contributed by atoms with Gasteiger partial charge in [-0.1, -0.05) is 39.8 Å². The highest BCUT2D eigenvalue weighted by atomic mass is 16.6. The lowest BCUT2D eigenvalue weighted by atomic mass is 9.56. The molecule has 4 heteroatoms. The lowest BCUT2D eigenvalue weighted by Gasteiger charge is -2.55.